The van der Waals surface area contributed by atoms with E-state index in [1.165, 1.54) is 31.2 Å². The molecular weight excluding hydrogens is 345 g/mol. The van der Waals surface area contributed by atoms with Crippen molar-refractivity contribution in [2.45, 2.75) is 30.9 Å². The highest BCUT2D eigenvalue weighted by atomic mass is 19.3. The van der Waals surface area contributed by atoms with Crippen LogP contribution < -0.4 is 4.74 Å². The molecule has 2 aliphatic rings. The van der Waals surface area contributed by atoms with E-state index in [1.54, 1.807) is 0 Å². The van der Waals surface area contributed by atoms with Crippen LogP contribution in [0, 0.1) is 11.3 Å². The largest absolute Gasteiger partial charge is 0.460 e. The van der Waals surface area contributed by atoms with Crippen LogP contribution >= 0.6 is 0 Å². The van der Waals surface area contributed by atoms with Crippen LogP contribution in [0.1, 0.15) is 34.8 Å². The van der Waals surface area contributed by atoms with E-state index in [2.05, 4.69) is 0 Å². The van der Waals surface area contributed by atoms with E-state index in [1.807, 2.05) is 0 Å². The standard InChI is InChI=1S/C17H10F5NO2/c1-15(18)6-2-3-9(7-15)25-12-5-4-11-13(10(12)8-23)14(24)17(21,22)16(11,19)20/h2-6H,7H2,1H3. The monoisotopic (exact) mass is 355 g/mol. The van der Waals surface area contributed by atoms with E-state index in [9.17, 15) is 32.0 Å². The van der Waals surface area contributed by atoms with Crippen molar-refractivity contribution in [1.82, 2.24) is 0 Å². The zero-order valence-corrected chi connectivity index (χ0v) is 12.7. The minimum atomic E-state index is -4.94. The molecule has 3 nitrogen and oxygen atoms in total. The lowest BCUT2D eigenvalue weighted by Crippen LogP contribution is -2.38. The van der Waals surface area contributed by atoms with E-state index < -0.39 is 40.0 Å². The molecule has 0 bridgehead atoms. The van der Waals surface area contributed by atoms with E-state index in [0.29, 0.717) is 6.07 Å². The molecule has 0 saturated heterocycles. The molecule has 1 aromatic carbocycles. The van der Waals surface area contributed by atoms with Gasteiger partial charge in [-0.2, -0.15) is 22.8 Å². The van der Waals surface area contributed by atoms with Gasteiger partial charge in [0.05, 0.1) is 5.56 Å². The van der Waals surface area contributed by atoms with Crippen LogP contribution in [0.25, 0.3) is 0 Å². The predicted octanol–water partition coefficient (Wildman–Crippen LogP) is 4.43. The summed E-state index contributed by atoms with van der Waals surface area (Å²) in [6.45, 7) is 1.28. The number of fused-ring (bicyclic) bond motifs is 1. The molecule has 3 rings (SSSR count). The summed E-state index contributed by atoms with van der Waals surface area (Å²) in [5.74, 6) is -12.1. The van der Waals surface area contributed by atoms with E-state index in [0.717, 1.165) is 6.07 Å². The summed E-state index contributed by atoms with van der Waals surface area (Å²) >= 11 is 0. The predicted molar refractivity (Wildman–Crippen MR) is 76.3 cm³/mol. The zero-order chi connectivity index (χ0) is 18.6. The van der Waals surface area contributed by atoms with Crippen molar-refractivity contribution in [3.05, 3.63) is 52.8 Å². The lowest BCUT2D eigenvalue weighted by molar-refractivity contribution is -0.176. The zero-order valence-electron chi connectivity index (χ0n) is 12.7. The average Bonchev–Trinajstić information content (AvgIpc) is 2.64. The highest BCUT2D eigenvalue weighted by Crippen LogP contribution is 2.53. The van der Waals surface area contributed by atoms with Crippen LogP contribution in [0.5, 0.6) is 5.75 Å². The van der Waals surface area contributed by atoms with Gasteiger partial charge in [0.15, 0.2) is 0 Å². The molecule has 0 fully saturated rings. The first-order valence-corrected chi connectivity index (χ1v) is 7.14. The van der Waals surface area contributed by atoms with Gasteiger partial charge in [-0.15, -0.1) is 0 Å². The van der Waals surface area contributed by atoms with Crippen molar-refractivity contribution in [1.29, 1.82) is 5.26 Å². The van der Waals surface area contributed by atoms with Gasteiger partial charge in [-0.3, -0.25) is 4.79 Å². The van der Waals surface area contributed by atoms with E-state index in [-0.39, 0.29) is 17.9 Å². The Hall–Kier alpha value is -2.69. The van der Waals surface area contributed by atoms with Gasteiger partial charge >= 0.3 is 11.8 Å². The average molecular weight is 355 g/mol. The van der Waals surface area contributed by atoms with Crippen LogP contribution in [0.3, 0.4) is 0 Å². The van der Waals surface area contributed by atoms with Crippen LogP contribution in [0.15, 0.2) is 36.1 Å². The fourth-order valence-electron chi connectivity index (χ4n) is 2.77. The maximum atomic E-state index is 14.0. The van der Waals surface area contributed by atoms with Gasteiger partial charge in [0.25, 0.3) is 0 Å². The molecule has 0 spiro atoms. The number of halogens is 5. The molecular formula is C17H10F5NO2. The molecule has 0 aromatic heterocycles. The SMILES string of the molecule is CC1(F)C=CC=C(Oc2ccc3c(c2C#N)C(=O)C(F)(F)C3(F)F)C1. The first-order chi connectivity index (χ1) is 11.5. The van der Waals surface area contributed by atoms with Crippen molar-refractivity contribution in [2.24, 2.45) is 0 Å². The summed E-state index contributed by atoms with van der Waals surface area (Å²) in [6.07, 6.45) is 3.83. The number of benzene rings is 1. The Morgan fingerprint density at radius 2 is 1.84 bits per heavy atom. The number of hydrogen-bond acceptors (Lipinski definition) is 3. The molecule has 8 heteroatoms. The Balaban J connectivity index is 2.08. The summed E-state index contributed by atoms with van der Waals surface area (Å²) in [6, 6.07) is 2.98. The van der Waals surface area contributed by atoms with E-state index >= 15 is 0 Å². The van der Waals surface area contributed by atoms with Gasteiger partial charge in [-0.05, 0) is 31.2 Å². The molecule has 0 saturated carbocycles. The number of alkyl halides is 5. The number of nitriles is 1. The van der Waals surface area contributed by atoms with Crippen molar-refractivity contribution in [2.75, 3.05) is 0 Å². The lowest BCUT2D eigenvalue weighted by Gasteiger charge is -2.22. The number of nitrogens with zero attached hydrogens (tertiary/aromatic N) is 1. The summed E-state index contributed by atoms with van der Waals surface area (Å²) in [5.41, 5.74) is -4.73. The Labute approximate surface area is 139 Å². The highest BCUT2D eigenvalue weighted by Gasteiger charge is 2.69. The normalized spacial score (nSPS) is 26.0. The van der Waals surface area contributed by atoms with Gasteiger partial charge in [-0.25, -0.2) is 4.39 Å². The lowest BCUT2D eigenvalue weighted by atomic mass is 9.98. The second-order valence-corrected chi connectivity index (χ2v) is 6.00. The molecule has 0 radical (unpaired) electrons. The van der Waals surface area contributed by atoms with Crippen LogP contribution in [-0.2, 0) is 5.92 Å². The minimum Gasteiger partial charge on any atom is -0.460 e. The van der Waals surface area contributed by atoms with Gasteiger partial charge < -0.3 is 4.74 Å². The van der Waals surface area contributed by atoms with Crippen molar-refractivity contribution < 1.29 is 31.5 Å². The molecule has 130 valence electrons. The fraction of sp³-hybridized carbons (Fsp3) is 0.294. The second kappa shape index (κ2) is 5.15. The Kier molecular flexibility index (Phi) is 3.53. The highest BCUT2D eigenvalue weighted by molar-refractivity contribution is 6.09. The molecule has 1 aromatic rings. The van der Waals surface area contributed by atoms with Gasteiger partial charge in [0.1, 0.15) is 28.8 Å². The maximum Gasteiger partial charge on any atom is 0.376 e. The third-order valence-electron chi connectivity index (χ3n) is 4.01. The molecule has 0 N–H and O–H groups in total. The number of ether oxygens (including phenoxy) is 1. The first-order valence-electron chi connectivity index (χ1n) is 7.14. The third kappa shape index (κ3) is 2.42. The number of hydrogen-bond donors (Lipinski definition) is 0. The first kappa shape index (κ1) is 17.1. The van der Waals surface area contributed by atoms with Crippen LogP contribution in [-0.4, -0.2) is 17.4 Å². The Morgan fingerprint density at radius 1 is 1.16 bits per heavy atom. The van der Waals surface area contributed by atoms with Crippen molar-refractivity contribution in [3.8, 4) is 11.8 Å². The fourth-order valence-corrected chi connectivity index (χ4v) is 2.77. The second-order valence-electron chi connectivity index (χ2n) is 6.00. The Morgan fingerprint density at radius 3 is 2.44 bits per heavy atom. The van der Waals surface area contributed by atoms with Crippen molar-refractivity contribution in [3.63, 3.8) is 0 Å². The molecule has 1 unspecified atom stereocenters. The number of ketones is 1. The number of carbonyl (C=O) groups excluding carboxylic acids is 1. The van der Waals surface area contributed by atoms with Gasteiger partial charge in [-0.1, -0.05) is 6.08 Å². The topological polar surface area (TPSA) is 50.1 Å². The quantitative estimate of drug-likeness (QED) is 0.738. The molecule has 25 heavy (non-hydrogen) atoms. The number of carbonyl (C=O) groups is 1. The van der Waals surface area contributed by atoms with Gasteiger partial charge in [0, 0.05) is 12.0 Å². The molecule has 0 amide bonds. The number of Topliss-reactive ketones (excluding diaryl/α,β-unsaturated/α-hetero) is 1. The molecule has 1 atom stereocenters. The number of allylic oxidation sites excluding steroid dienone is 4. The summed E-state index contributed by atoms with van der Waals surface area (Å²) in [5, 5.41) is 9.19. The summed E-state index contributed by atoms with van der Waals surface area (Å²) < 4.78 is 74.1. The Bertz CT molecular complexity index is 878. The molecule has 0 heterocycles. The molecule has 2 aliphatic carbocycles. The number of rotatable bonds is 2. The van der Waals surface area contributed by atoms with Crippen molar-refractivity contribution >= 4 is 5.78 Å². The smallest absolute Gasteiger partial charge is 0.376 e. The van der Waals surface area contributed by atoms with Crippen LogP contribution in [0.2, 0.25) is 0 Å². The summed E-state index contributed by atoms with van der Waals surface area (Å²) in [7, 11) is 0. The minimum absolute atomic E-state index is 0.0629. The molecule has 0 aliphatic heterocycles. The van der Waals surface area contributed by atoms with Crippen LogP contribution in [0.4, 0.5) is 22.0 Å². The summed E-state index contributed by atoms with van der Waals surface area (Å²) in [4.78, 5) is 11.7. The maximum absolute atomic E-state index is 14.0. The van der Waals surface area contributed by atoms with E-state index in [4.69, 9.17) is 4.74 Å². The van der Waals surface area contributed by atoms with Gasteiger partial charge in [0.2, 0.25) is 5.78 Å². The third-order valence-corrected chi connectivity index (χ3v) is 4.01.